The van der Waals surface area contributed by atoms with E-state index in [4.69, 9.17) is 10.00 Å². The minimum Gasteiger partial charge on any atom is -0.462 e. The number of nitriles is 1. The van der Waals surface area contributed by atoms with Gasteiger partial charge in [0.25, 0.3) is 0 Å². The molecule has 0 fully saturated rings. The molecule has 3 nitrogen and oxygen atoms in total. The highest BCUT2D eigenvalue weighted by atomic mass is 16.5. The van der Waals surface area contributed by atoms with Gasteiger partial charge >= 0.3 is 5.97 Å². The van der Waals surface area contributed by atoms with Gasteiger partial charge in [0.05, 0.1) is 6.61 Å². The summed E-state index contributed by atoms with van der Waals surface area (Å²) >= 11 is 0. The van der Waals surface area contributed by atoms with Gasteiger partial charge in [-0.25, -0.2) is 4.79 Å². The molecule has 0 bridgehead atoms. The normalized spacial score (nSPS) is 11.2. The van der Waals surface area contributed by atoms with E-state index < -0.39 is 5.97 Å². The molecule has 126 valence electrons. The number of hydrogen-bond donors (Lipinski definition) is 0. The summed E-state index contributed by atoms with van der Waals surface area (Å²) in [6.07, 6.45) is 16.9. The predicted molar refractivity (Wildman–Crippen MR) is 91.4 cm³/mol. The van der Waals surface area contributed by atoms with E-state index in [1.165, 1.54) is 70.3 Å². The first-order chi connectivity index (χ1) is 10.8. The smallest absolute Gasteiger partial charge is 0.348 e. The third kappa shape index (κ3) is 12.4. The first-order valence-corrected chi connectivity index (χ1v) is 8.99. The average Bonchev–Trinajstić information content (AvgIpc) is 2.53. The second kappa shape index (κ2) is 16.1. The van der Waals surface area contributed by atoms with Crippen molar-refractivity contribution in [2.24, 2.45) is 0 Å². The molecule has 0 heterocycles. The molecular formula is C19H33NO2. The van der Waals surface area contributed by atoms with E-state index in [9.17, 15) is 4.79 Å². The van der Waals surface area contributed by atoms with E-state index in [2.05, 4.69) is 6.92 Å². The molecule has 0 rings (SSSR count). The highest BCUT2D eigenvalue weighted by molar-refractivity contribution is 5.92. The Hall–Kier alpha value is -1.30. The van der Waals surface area contributed by atoms with Crippen LogP contribution < -0.4 is 0 Å². The van der Waals surface area contributed by atoms with Crippen LogP contribution in [0.1, 0.15) is 90.9 Å². The second-order valence-electron chi connectivity index (χ2n) is 5.84. The number of rotatable bonds is 14. The van der Waals surface area contributed by atoms with Crippen LogP contribution in [0.3, 0.4) is 0 Å². The van der Waals surface area contributed by atoms with Crippen molar-refractivity contribution in [1.29, 1.82) is 5.26 Å². The van der Waals surface area contributed by atoms with E-state index in [1.807, 2.05) is 6.07 Å². The summed E-state index contributed by atoms with van der Waals surface area (Å²) in [7, 11) is 0. The number of hydrogen-bond acceptors (Lipinski definition) is 3. The van der Waals surface area contributed by atoms with Crippen LogP contribution in [0.15, 0.2) is 11.6 Å². The largest absolute Gasteiger partial charge is 0.462 e. The van der Waals surface area contributed by atoms with E-state index in [0.717, 1.165) is 12.8 Å². The van der Waals surface area contributed by atoms with Gasteiger partial charge in [-0.2, -0.15) is 5.26 Å². The van der Waals surface area contributed by atoms with Gasteiger partial charge in [-0.1, -0.05) is 83.6 Å². The minimum absolute atomic E-state index is 0.0962. The van der Waals surface area contributed by atoms with Gasteiger partial charge in [-0.05, 0) is 13.3 Å². The Bertz CT molecular complexity index is 342. The first kappa shape index (κ1) is 20.7. The molecule has 0 saturated carbocycles. The second-order valence-corrected chi connectivity index (χ2v) is 5.84. The van der Waals surface area contributed by atoms with Crippen molar-refractivity contribution in [3.8, 4) is 6.07 Å². The molecule has 22 heavy (non-hydrogen) atoms. The van der Waals surface area contributed by atoms with E-state index in [1.54, 1.807) is 6.92 Å². The molecule has 0 atom stereocenters. The van der Waals surface area contributed by atoms with Crippen LogP contribution in [-0.4, -0.2) is 12.6 Å². The van der Waals surface area contributed by atoms with Crippen LogP contribution in [0, 0.1) is 11.3 Å². The van der Waals surface area contributed by atoms with Gasteiger partial charge in [0.2, 0.25) is 0 Å². The minimum atomic E-state index is -0.493. The third-order valence-electron chi connectivity index (χ3n) is 3.86. The summed E-state index contributed by atoms with van der Waals surface area (Å²) in [5.74, 6) is -0.493. The fourth-order valence-electron chi connectivity index (χ4n) is 2.41. The van der Waals surface area contributed by atoms with Gasteiger partial charge in [-0.15, -0.1) is 0 Å². The molecular weight excluding hydrogens is 274 g/mol. The molecule has 0 spiro atoms. The first-order valence-electron chi connectivity index (χ1n) is 8.99. The molecule has 0 radical (unpaired) electrons. The van der Waals surface area contributed by atoms with Crippen molar-refractivity contribution < 1.29 is 9.53 Å². The van der Waals surface area contributed by atoms with Crippen molar-refractivity contribution in [1.82, 2.24) is 0 Å². The highest BCUT2D eigenvalue weighted by Crippen LogP contribution is 2.12. The lowest BCUT2D eigenvalue weighted by Gasteiger charge is -2.04. The molecule has 3 heteroatoms. The van der Waals surface area contributed by atoms with E-state index >= 15 is 0 Å². The standard InChI is InChI=1S/C19H33NO2/c1-3-5-6-7-8-9-10-11-12-13-14-15-16-22-19(21)18(4-2)17-20/h4H,3,5-16H2,1-2H3/b18-4+. The topological polar surface area (TPSA) is 50.1 Å². The molecule has 0 aromatic heterocycles. The molecule has 0 saturated heterocycles. The van der Waals surface area contributed by atoms with Crippen molar-refractivity contribution in [3.05, 3.63) is 11.6 Å². The highest BCUT2D eigenvalue weighted by Gasteiger charge is 2.07. The van der Waals surface area contributed by atoms with Crippen LogP contribution in [-0.2, 0) is 9.53 Å². The zero-order valence-electron chi connectivity index (χ0n) is 14.5. The number of carbonyl (C=O) groups is 1. The Kier molecular flexibility index (Phi) is 15.1. The fraction of sp³-hybridized carbons (Fsp3) is 0.789. The lowest BCUT2D eigenvalue weighted by molar-refractivity contribution is -0.138. The Balaban J connectivity index is 3.24. The zero-order valence-corrected chi connectivity index (χ0v) is 14.5. The number of allylic oxidation sites excluding steroid dienone is 1. The monoisotopic (exact) mass is 307 g/mol. The van der Waals surface area contributed by atoms with Gasteiger partial charge < -0.3 is 4.74 Å². The SMILES string of the molecule is C/C=C(\C#N)C(=O)OCCCCCCCCCCCCCC. The van der Waals surface area contributed by atoms with Crippen molar-refractivity contribution >= 4 is 5.97 Å². The van der Waals surface area contributed by atoms with E-state index in [0.29, 0.717) is 6.61 Å². The molecule has 0 aromatic rings. The number of nitrogens with zero attached hydrogens (tertiary/aromatic N) is 1. The quantitative estimate of drug-likeness (QED) is 0.179. The fourth-order valence-corrected chi connectivity index (χ4v) is 2.41. The molecule has 0 aromatic carbocycles. The number of esters is 1. The van der Waals surface area contributed by atoms with Crippen LogP contribution >= 0.6 is 0 Å². The summed E-state index contributed by atoms with van der Waals surface area (Å²) < 4.78 is 5.05. The predicted octanol–water partition coefficient (Wildman–Crippen LogP) is 5.70. The molecule has 0 aliphatic rings. The summed E-state index contributed by atoms with van der Waals surface area (Å²) in [5.41, 5.74) is 0.0962. The summed E-state index contributed by atoms with van der Waals surface area (Å²) in [5, 5.41) is 8.68. The summed E-state index contributed by atoms with van der Waals surface area (Å²) in [4.78, 5) is 11.4. The van der Waals surface area contributed by atoms with Gasteiger partial charge in [0.15, 0.2) is 0 Å². The average molecular weight is 307 g/mol. The molecule has 0 unspecified atom stereocenters. The van der Waals surface area contributed by atoms with Crippen LogP contribution in [0.5, 0.6) is 0 Å². The lowest BCUT2D eigenvalue weighted by atomic mass is 10.1. The Morgan fingerprint density at radius 3 is 1.77 bits per heavy atom. The van der Waals surface area contributed by atoms with Crippen molar-refractivity contribution in [2.75, 3.05) is 6.61 Å². The van der Waals surface area contributed by atoms with Crippen LogP contribution in [0.2, 0.25) is 0 Å². The van der Waals surface area contributed by atoms with E-state index in [-0.39, 0.29) is 5.57 Å². The maximum atomic E-state index is 11.4. The number of carbonyl (C=O) groups excluding carboxylic acids is 1. The van der Waals surface area contributed by atoms with Gasteiger partial charge in [0.1, 0.15) is 11.6 Å². The molecule has 0 N–H and O–H groups in total. The number of ether oxygens (including phenoxy) is 1. The molecule has 0 aliphatic carbocycles. The lowest BCUT2D eigenvalue weighted by Crippen LogP contribution is -2.07. The van der Waals surface area contributed by atoms with Gasteiger partial charge in [0, 0.05) is 0 Å². The molecule has 0 amide bonds. The molecule has 0 aliphatic heterocycles. The van der Waals surface area contributed by atoms with Crippen LogP contribution in [0.4, 0.5) is 0 Å². The maximum absolute atomic E-state index is 11.4. The van der Waals surface area contributed by atoms with Crippen LogP contribution in [0.25, 0.3) is 0 Å². The number of unbranched alkanes of at least 4 members (excludes halogenated alkanes) is 11. The van der Waals surface area contributed by atoms with Crippen molar-refractivity contribution in [2.45, 2.75) is 90.9 Å². The Labute approximate surface area is 136 Å². The maximum Gasteiger partial charge on any atom is 0.348 e. The summed E-state index contributed by atoms with van der Waals surface area (Å²) in [6, 6.07) is 1.83. The third-order valence-corrected chi connectivity index (χ3v) is 3.86. The summed E-state index contributed by atoms with van der Waals surface area (Å²) in [6.45, 7) is 4.35. The zero-order chi connectivity index (χ0) is 16.5. The van der Waals surface area contributed by atoms with Gasteiger partial charge in [-0.3, -0.25) is 0 Å². The Morgan fingerprint density at radius 1 is 0.909 bits per heavy atom. The van der Waals surface area contributed by atoms with Crippen molar-refractivity contribution in [3.63, 3.8) is 0 Å². The Morgan fingerprint density at radius 2 is 1.36 bits per heavy atom.